The zero-order valence-electron chi connectivity index (χ0n) is 11.5. The van der Waals surface area contributed by atoms with Crippen LogP contribution in [0.2, 0.25) is 5.02 Å². The Bertz CT molecular complexity index is 782. The number of halogens is 1. The van der Waals surface area contributed by atoms with Gasteiger partial charge in [-0.1, -0.05) is 11.6 Å². The minimum absolute atomic E-state index is 0.141. The maximum atomic E-state index is 12.5. The first-order chi connectivity index (χ1) is 9.95. The van der Waals surface area contributed by atoms with Crippen molar-refractivity contribution in [3.05, 3.63) is 39.1 Å². The Morgan fingerprint density at radius 1 is 1.38 bits per heavy atom. The molecule has 1 heterocycles. The van der Waals surface area contributed by atoms with Crippen molar-refractivity contribution in [2.24, 2.45) is 0 Å². The number of aromatic nitrogens is 1. The number of rotatable bonds is 3. The molecule has 2 aromatic rings. The van der Waals surface area contributed by atoms with Crippen LogP contribution in [-0.2, 0) is 9.53 Å². The zero-order chi connectivity index (χ0) is 15.6. The molecule has 0 aliphatic carbocycles. The molecule has 110 valence electrons. The molecule has 0 spiro atoms. The van der Waals surface area contributed by atoms with Gasteiger partial charge in [0.25, 0.3) is 0 Å². The lowest BCUT2D eigenvalue weighted by Crippen LogP contribution is -2.20. The first kappa shape index (κ1) is 15.1. The molecule has 2 rings (SSSR count). The normalized spacial score (nSPS) is 10.4. The lowest BCUT2D eigenvalue weighted by Gasteiger charge is -2.09. The third kappa shape index (κ3) is 2.90. The van der Waals surface area contributed by atoms with E-state index >= 15 is 0 Å². The Balaban J connectivity index is 2.74. The summed E-state index contributed by atoms with van der Waals surface area (Å²) in [5.74, 6) is -1.06. The van der Waals surface area contributed by atoms with Crippen molar-refractivity contribution < 1.29 is 14.3 Å². The molecule has 1 aromatic carbocycles. The molecule has 0 aliphatic rings. The number of anilines is 1. The molecule has 6 nitrogen and oxygen atoms in total. The van der Waals surface area contributed by atoms with E-state index < -0.39 is 11.4 Å². The number of esters is 1. The summed E-state index contributed by atoms with van der Waals surface area (Å²) in [5.41, 5.74) is -0.0538. The van der Waals surface area contributed by atoms with E-state index in [0.29, 0.717) is 10.5 Å². The number of nitrogens with one attached hydrogen (secondary N) is 2. The predicted molar refractivity (Wildman–Crippen MR) is 79.8 cm³/mol. The topological polar surface area (TPSA) is 88.3 Å². The number of hydrogen-bond donors (Lipinski definition) is 2. The van der Waals surface area contributed by atoms with Crippen molar-refractivity contribution in [1.82, 2.24) is 4.98 Å². The van der Waals surface area contributed by atoms with Gasteiger partial charge in [-0.3, -0.25) is 9.59 Å². The number of amides is 1. The van der Waals surface area contributed by atoms with Crippen LogP contribution in [0.1, 0.15) is 24.2 Å². The van der Waals surface area contributed by atoms with Crippen molar-refractivity contribution in [2.45, 2.75) is 13.8 Å². The third-order valence-corrected chi connectivity index (χ3v) is 3.11. The molecule has 7 heteroatoms. The number of fused-ring (bicyclic) bond motifs is 1. The van der Waals surface area contributed by atoms with Crippen molar-refractivity contribution >= 4 is 40.1 Å². The monoisotopic (exact) mass is 308 g/mol. The molecular formula is C14H13ClN2O4. The van der Waals surface area contributed by atoms with Crippen LogP contribution in [0.25, 0.3) is 10.9 Å². The number of carbonyl (C=O) groups excluding carboxylic acids is 2. The van der Waals surface area contributed by atoms with E-state index in [1.54, 1.807) is 13.0 Å². The largest absolute Gasteiger partial charge is 0.462 e. The molecule has 0 aliphatic heterocycles. The molecule has 0 radical (unpaired) electrons. The lowest BCUT2D eigenvalue weighted by molar-refractivity contribution is -0.114. The molecule has 2 N–H and O–H groups in total. The summed E-state index contributed by atoms with van der Waals surface area (Å²) in [6, 6.07) is 3.06. The SMILES string of the molecule is CCOC(=O)c1c[nH]c2c(Cl)ccc(NC(C)=O)c2c1=O. The van der Waals surface area contributed by atoms with Gasteiger partial charge in [-0.05, 0) is 19.1 Å². The smallest absolute Gasteiger partial charge is 0.343 e. The van der Waals surface area contributed by atoms with Crippen LogP contribution in [-0.4, -0.2) is 23.5 Å². The van der Waals surface area contributed by atoms with Crippen LogP contribution >= 0.6 is 11.6 Å². The molecule has 1 amide bonds. The van der Waals surface area contributed by atoms with Crippen molar-refractivity contribution in [3.8, 4) is 0 Å². The average Bonchev–Trinajstić information content (AvgIpc) is 2.42. The summed E-state index contributed by atoms with van der Waals surface area (Å²) in [6.07, 6.45) is 1.26. The summed E-state index contributed by atoms with van der Waals surface area (Å²) in [5, 5.41) is 3.00. The molecular weight excluding hydrogens is 296 g/mol. The quantitative estimate of drug-likeness (QED) is 0.852. The van der Waals surface area contributed by atoms with Crippen molar-refractivity contribution in [2.75, 3.05) is 11.9 Å². The van der Waals surface area contributed by atoms with E-state index in [4.69, 9.17) is 16.3 Å². The van der Waals surface area contributed by atoms with Gasteiger partial charge in [-0.25, -0.2) is 4.79 Å². The van der Waals surface area contributed by atoms with Crippen LogP contribution in [0.15, 0.2) is 23.1 Å². The Morgan fingerprint density at radius 3 is 2.71 bits per heavy atom. The Kier molecular flexibility index (Phi) is 4.28. The van der Waals surface area contributed by atoms with Crippen molar-refractivity contribution in [1.29, 1.82) is 0 Å². The Morgan fingerprint density at radius 2 is 2.10 bits per heavy atom. The maximum Gasteiger partial charge on any atom is 0.343 e. The summed E-state index contributed by atoms with van der Waals surface area (Å²) in [7, 11) is 0. The molecule has 0 fully saturated rings. The number of aromatic amines is 1. The van der Waals surface area contributed by atoms with Gasteiger partial charge in [-0.2, -0.15) is 0 Å². The van der Waals surface area contributed by atoms with E-state index in [1.165, 1.54) is 19.2 Å². The number of benzene rings is 1. The van der Waals surface area contributed by atoms with E-state index in [2.05, 4.69) is 10.3 Å². The molecule has 0 unspecified atom stereocenters. The van der Waals surface area contributed by atoms with Gasteiger partial charge in [0.2, 0.25) is 11.3 Å². The number of ether oxygens (including phenoxy) is 1. The predicted octanol–water partition coefficient (Wildman–Crippen LogP) is 2.32. The van der Waals surface area contributed by atoms with E-state index in [1.807, 2.05) is 0 Å². The molecule has 21 heavy (non-hydrogen) atoms. The average molecular weight is 309 g/mol. The van der Waals surface area contributed by atoms with E-state index in [0.717, 1.165) is 0 Å². The summed E-state index contributed by atoms with van der Waals surface area (Å²) < 4.78 is 4.83. The molecule has 0 atom stereocenters. The second-order valence-corrected chi connectivity index (χ2v) is 4.69. The number of pyridine rings is 1. The van der Waals surface area contributed by atoms with Gasteiger partial charge in [0.1, 0.15) is 5.56 Å². The highest BCUT2D eigenvalue weighted by molar-refractivity contribution is 6.35. The second-order valence-electron chi connectivity index (χ2n) is 4.28. The highest BCUT2D eigenvalue weighted by Gasteiger charge is 2.17. The first-order valence-corrected chi connectivity index (χ1v) is 6.62. The van der Waals surface area contributed by atoms with Crippen LogP contribution in [0, 0.1) is 0 Å². The van der Waals surface area contributed by atoms with Crippen LogP contribution in [0.4, 0.5) is 5.69 Å². The molecule has 0 saturated heterocycles. The fraction of sp³-hybridized carbons (Fsp3) is 0.214. The fourth-order valence-corrected chi connectivity index (χ4v) is 2.17. The van der Waals surface area contributed by atoms with Gasteiger partial charge in [0, 0.05) is 13.1 Å². The minimum Gasteiger partial charge on any atom is -0.462 e. The molecule has 1 aromatic heterocycles. The van der Waals surface area contributed by atoms with E-state index in [-0.39, 0.29) is 29.2 Å². The standard InChI is InChI=1S/C14H13ClN2O4/c1-3-21-14(20)8-6-16-12-9(15)4-5-10(17-7(2)18)11(12)13(8)19/h4-6H,3H2,1-2H3,(H,16,19)(H,17,18). The van der Waals surface area contributed by atoms with Gasteiger partial charge in [0.15, 0.2) is 0 Å². The first-order valence-electron chi connectivity index (χ1n) is 6.24. The van der Waals surface area contributed by atoms with Gasteiger partial charge >= 0.3 is 5.97 Å². The van der Waals surface area contributed by atoms with Gasteiger partial charge in [-0.15, -0.1) is 0 Å². The second kappa shape index (κ2) is 5.97. The molecule has 0 bridgehead atoms. The zero-order valence-corrected chi connectivity index (χ0v) is 12.2. The maximum absolute atomic E-state index is 12.5. The lowest BCUT2D eigenvalue weighted by atomic mass is 10.1. The number of hydrogen-bond acceptors (Lipinski definition) is 4. The highest BCUT2D eigenvalue weighted by Crippen LogP contribution is 2.26. The summed E-state index contributed by atoms with van der Waals surface area (Å²) in [6.45, 7) is 3.13. The highest BCUT2D eigenvalue weighted by atomic mass is 35.5. The van der Waals surface area contributed by atoms with E-state index in [9.17, 15) is 14.4 Å². The van der Waals surface area contributed by atoms with Gasteiger partial charge in [0.05, 0.1) is 28.2 Å². The van der Waals surface area contributed by atoms with Crippen LogP contribution in [0.3, 0.4) is 0 Å². The number of carbonyl (C=O) groups is 2. The Hall–Kier alpha value is -2.34. The summed E-state index contributed by atoms with van der Waals surface area (Å²) >= 11 is 6.03. The fourth-order valence-electron chi connectivity index (χ4n) is 1.95. The Labute approximate surface area is 125 Å². The number of H-pyrrole nitrogens is 1. The minimum atomic E-state index is -0.727. The van der Waals surface area contributed by atoms with Crippen LogP contribution in [0.5, 0.6) is 0 Å². The van der Waals surface area contributed by atoms with Gasteiger partial charge < -0.3 is 15.0 Å². The van der Waals surface area contributed by atoms with Crippen molar-refractivity contribution in [3.63, 3.8) is 0 Å². The third-order valence-electron chi connectivity index (χ3n) is 2.79. The molecule has 0 saturated carbocycles. The summed E-state index contributed by atoms with van der Waals surface area (Å²) in [4.78, 5) is 38.3. The van der Waals surface area contributed by atoms with Crippen LogP contribution < -0.4 is 10.7 Å².